The molecule has 1 atom stereocenters. The van der Waals surface area contributed by atoms with Crippen molar-refractivity contribution in [1.82, 2.24) is 4.90 Å². The average Bonchev–Trinajstić information content (AvgIpc) is 2.91. The maximum atomic E-state index is 12.8. The van der Waals surface area contributed by atoms with Crippen molar-refractivity contribution in [2.75, 3.05) is 6.54 Å². The van der Waals surface area contributed by atoms with Crippen LogP contribution in [0.2, 0.25) is 0 Å². The minimum absolute atomic E-state index is 0.116. The smallest absolute Gasteiger partial charge is 0.255 e. The molecule has 1 unspecified atom stereocenters. The largest absolute Gasteiger partial charge is 0.331 e. The van der Waals surface area contributed by atoms with E-state index < -0.39 is 0 Å². The van der Waals surface area contributed by atoms with Crippen molar-refractivity contribution in [3.8, 4) is 0 Å². The van der Waals surface area contributed by atoms with Gasteiger partial charge in [0.1, 0.15) is 0 Å². The van der Waals surface area contributed by atoms with Gasteiger partial charge in [-0.25, -0.2) is 0 Å². The lowest BCUT2D eigenvalue weighted by molar-refractivity contribution is 0.0678. The van der Waals surface area contributed by atoms with Crippen LogP contribution in [0.5, 0.6) is 0 Å². The second kappa shape index (κ2) is 5.34. The third-order valence-corrected chi connectivity index (χ3v) is 6.01. The van der Waals surface area contributed by atoms with E-state index >= 15 is 0 Å². The molecule has 0 N–H and O–H groups in total. The lowest BCUT2D eigenvalue weighted by Gasteiger charge is -2.34. The second-order valence-corrected chi connectivity index (χ2v) is 6.95. The van der Waals surface area contributed by atoms with Gasteiger partial charge in [0.05, 0.1) is 11.6 Å². The van der Waals surface area contributed by atoms with Crippen LogP contribution in [0.25, 0.3) is 0 Å². The number of carbonyl (C=O) groups is 1. The molecular formula is C16H16BrNOS. The zero-order valence-electron chi connectivity index (χ0n) is 11.5. The minimum atomic E-state index is 0.116. The summed E-state index contributed by atoms with van der Waals surface area (Å²) >= 11 is 5.34. The van der Waals surface area contributed by atoms with E-state index in [0.717, 1.165) is 28.6 Å². The molecule has 1 aliphatic heterocycles. The standard InChI is InChI=1S/C16H16BrNOS/c1-10-4-3-5-13(15(10)17)16(19)18-8-6-14-12(11(18)2)7-9-20-14/h3-5,7,9,11H,6,8H2,1-2H3. The molecule has 0 spiro atoms. The van der Waals surface area contributed by atoms with Crippen LogP contribution in [-0.2, 0) is 6.42 Å². The number of rotatable bonds is 1. The van der Waals surface area contributed by atoms with Crippen LogP contribution in [0.1, 0.15) is 39.3 Å². The fourth-order valence-electron chi connectivity index (χ4n) is 2.75. The van der Waals surface area contributed by atoms with Crippen LogP contribution < -0.4 is 0 Å². The van der Waals surface area contributed by atoms with Crippen LogP contribution >= 0.6 is 27.3 Å². The van der Waals surface area contributed by atoms with E-state index in [2.05, 4.69) is 34.3 Å². The Morgan fingerprint density at radius 2 is 2.20 bits per heavy atom. The first-order valence-electron chi connectivity index (χ1n) is 6.72. The summed E-state index contributed by atoms with van der Waals surface area (Å²) in [6.07, 6.45) is 0.965. The quantitative estimate of drug-likeness (QED) is 0.737. The molecule has 20 heavy (non-hydrogen) atoms. The summed E-state index contributed by atoms with van der Waals surface area (Å²) in [4.78, 5) is 16.2. The minimum Gasteiger partial charge on any atom is -0.331 e. The number of hydrogen-bond acceptors (Lipinski definition) is 2. The summed E-state index contributed by atoms with van der Waals surface area (Å²) in [5, 5.41) is 2.12. The van der Waals surface area contributed by atoms with Gasteiger partial charge in [0, 0.05) is 15.9 Å². The normalized spacial score (nSPS) is 17.9. The Balaban J connectivity index is 1.94. The molecule has 1 amide bonds. The predicted octanol–water partition coefficient (Wildman–Crippen LogP) is 4.58. The van der Waals surface area contributed by atoms with Gasteiger partial charge in [-0.2, -0.15) is 0 Å². The molecule has 0 saturated carbocycles. The van der Waals surface area contributed by atoms with Crippen molar-refractivity contribution < 1.29 is 4.79 Å². The number of halogens is 1. The molecule has 0 aliphatic carbocycles. The SMILES string of the molecule is Cc1cccc(C(=O)N2CCc3sccc3C2C)c1Br. The fraction of sp³-hybridized carbons (Fsp3) is 0.312. The van der Waals surface area contributed by atoms with E-state index in [0.29, 0.717) is 0 Å². The van der Waals surface area contributed by atoms with Crippen molar-refractivity contribution in [3.63, 3.8) is 0 Å². The topological polar surface area (TPSA) is 20.3 Å². The van der Waals surface area contributed by atoms with Crippen molar-refractivity contribution in [2.45, 2.75) is 26.3 Å². The first kappa shape index (κ1) is 13.8. The zero-order valence-corrected chi connectivity index (χ0v) is 13.9. The number of carbonyl (C=O) groups excluding carboxylic acids is 1. The Morgan fingerprint density at radius 3 is 3.00 bits per heavy atom. The number of nitrogens with zero attached hydrogens (tertiary/aromatic N) is 1. The molecule has 3 rings (SSSR count). The number of benzene rings is 1. The van der Waals surface area contributed by atoms with E-state index in [-0.39, 0.29) is 11.9 Å². The molecule has 104 valence electrons. The van der Waals surface area contributed by atoms with Gasteiger partial charge in [0.15, 0.2) is 0 Å². The summed E-state index contributed by atoms with van der Waals surface area (Å²) in [7, 11) is 0. The van der Waals surface area contributed by atoms with Crippen LogP contribution in [0.4, 0.5) is 0 Å². The van der Waals surface area contributed by atoms with Gasteiger partial charge in [-0.1, -0.05) is 12.1 Å². The van der Waals surface area contributed by atoms with Gasteiger partial charge in [0.25, 0.3) is 5.91 Å². The van der Waals surface area contributed by atoms with Crippen LogP contribution in [0.15, 0.2) is 34.1 Å². The highest BCUT2D eigenvalue weighted by Crippen LogP contribution is 2.34. The van der Waals surface area contributed by atoms with E-state index in [4.69, 9.17) is 0 Å². The molecule has 1 aliphatic rings. The Labute approximate surface area is 131 Å². The molecule has 2 nitrogen and oxygen atoms in total. The summed E-state index contributed by atoms with van der Waals surface area (Å²) in [5.74, 6) is 0.116. The molecule has 0 saturated heterocycles. The molecular weight excluding hydrogens is 334 g/mol. The Hall–Kier alpha value is -1.13. The molecule has 0 bridgehead atoms. The number of hydrogen-bond donors (Lipinski definition) is 0. The van der Waals surface area contributed by atoms with Crippen molar-refractivity contribution >= 4 is 33.2 Å². The Bertz CT molecular complexity index is 664. The highest BCUT2D eigenvalue weighted by atomic mass is 79.9. The summed E-state index contributed by atoms with van der Waals surface area (Å²) in [6.45, 7) is 4.93. The highest BCUT2D eigenvalue weighted by molar-refractivity contribution is 9.10. The molecule has 1 aromatic heterocycles. The van der Waals surface area contributed by atoms with Crippen LogP contribution in [0.3, 0.4) is 0 Å². The van der Waals surface area contributed by atoms with Gasteiger partial charge >= 0.3 is 0 Å². The van der Waals surface area contributed by atoms with Crippen LogP contribution in [-0.4, -0.2) is 17.4 Å². The lowest BCUT2D eigenvalue weighted by Crippen LogP contribution is -2.38. The third-order valence-electron chi connectivity index (χ3n) is 3.96. The molecule has 1 aromatic carbocycles. The van der Waals surface area contributed by atoms with Crippen LogP contribution in [0, 0.1) is 6.92 Å². The third kappa shape index (κ3) is 2.21. The first-order chi connectivity index (χ1) is 9.59. The number of amides is 1. The Morgan fingerprint density at radius 1 is 1.40 bits per heavy atom. The maximum Gasteiger partial charge on any atom is 0.255 e. The van der Waals surface area contributed by atoms with Gasteiger partial charge < -0.3 is 4.90 Å². The monoisotopic (exact) mass is 349 g/mol. The van der Waals surface area contributed by atoms with E-state index in [1.807, 2.05) is 30.0 Å². The second-order valence-electron chi connectivity index (χ2n) is 5.16. The number of fused-ring (bicyclic) bond motifs is 1. The highest BCUT2D eigenvalue weighted by Gasteiger charge is 2.29. The Kier molecular flexibility index (Phi) is 3.69. The molecule has 2 aromatic rings. The van der Waals surface area contributed by atoms with Crippen molar-refractivity contribution in [3.05, 3.63) is 55.7 Å². The average molecular weight is 350 g/mol. The summed E-state index contributed by atoms with van der Waals surface area (Å²) in [6, 6.07) is 8.16. The summed E-state index contributed by atoms with van der Waals surface area (Å²) < 4.78 is 0.910. The first-order valence-corrected chi connectivity index (χ1v) is 8.39. The van der Waals surface area contributed by atoms with Crippen molar-refractivity contribution in [1.29, 1.82) is 0 Å². The number of thiophene rings is 1. The lowest BCUT2D eigenvalue weighted by atomic mass is 10.00. The molecule has 0 radical (unpaired) electrons. The van der Waals surface area contributed by atoms with E-state index in [9.17, 15) is 4.79 Å². The summed E-state index contributed by atoms with van der Waals surface area (Å²) in [5.41, 5.74) is 3.16. The van der Waals surface area contributed by atoms with Crippen molar-refractivity contribution in [2.24, 2.45) is 0 Å². The van der Waals surface area contributed by atoms with E-state index in [1.165, 1.54) is 10.4 Å². The molecule has 2 heterocycles. The zero-order chi connectivity index (χ0) is 14.3. The fourth-order valence-corrected chi connectivity index (χ4v) is 4.15. The molecule has 4 heteroatoms. The number of aryl methyl sites for hydroxylation is 1. The van der Waals surface area contributed by atoms with Gasteiger partial charge in [-0.05, 0) is 64.8 Å². The van der Waals surface area contributed by atoms with Gasteiger partial charge in [0.2, 0.25) is 0 Å². The molecule has 0 fully saturated rings. The van der Waals surface area contributed by atoms with Gasteiger partial charge in [-0.15, -0.1) is 11.3 Å². The van der Waals surface area contributed by atoms with E-state index in [1.54, 1.807) is 11.3 Å². The maximum absolute atomic E-state index is 12.8. The van der Waals surface area contributed by atoms with Gasteiger partial charge in [-0.3, -0.25) is 4.79 Å². The predicted molar refractivity (Wildman–Crippen MR) is 86.4 cm³/mol.